The van der Waals surface area contributed by atoms with Crippen molar-refractivity contribution in [3.63, 3.8) is 0 Å². The van der Waals surface area contributed by atoms with E-state index < -0.39 is 6.03 Å². The lowest BCUT2D eigenvalue weighted by Gasteiger charge is -2.07. The fourth-order valence-electron chi connectivity index (χ4n) is 1.42. The van der Waals surface area contributed by atoms with E-state index in [0.29, 0.717) is 5.69 Å². The second-order valence-electron chi connectivity index (χ2n) is 3.70. The van der Waals surface area contributed by atoms with Gasteiger partial charge in [0.15, 0.2) is 0 Å². The molecule has 0 radical (unpaired) electrons. The Kier molecular flexibility index (Phi) is 5.19. The van der Waals surface area contributed by atoms with Gasteiger partial charge in [-0.2, -0.15) is 0 Å². The maximum absolute atomic E-state index is 10.6. The highest BCUT2D eigenvalue weighted by atomic mass is 16.2. The summed E-state index contributed by atoms with van der Waals surface area (Å²) in [5.74, 6) is 0. The molecule has 0 atom stereocenters. The molecule has 0 aliphatic rings. The number of carbonyl (C=O) groups is 1. The van der Waals surface area contributed by atoms with Crippen LogP contribution in [0.3, 0.4) is 0 Å². The summed E-state index contributed by atoms with van der Waals surface area (Å²) in [4.78, 5) is 10.6. The van der Waals surface area contributed by atoms with Crippen molar-refractivity contribution in [3.05, 3.63) is 24.3 Å². The molecule has 0 spiro atoms. The number of hydrogen-bond donors (Lipinski definition) is 3. The topological polar surface area (TPSA) is 67.2 Å². The number of carbonyl (C=O) groups excluding carboxylic acids is 1. The molecule has 0 fully saturated rings. The monoisotopic (exact) mass is 221 g/mol. The Morgan fingerprint density at radius 1 is 1.19 bits per heavy atom. The van der Waals surface area contributed by atoms with Crippen molar-refractivity contribution in [3.8, 4) is 0 Å². The van der Waals surface area contributed by atoms with E-state index in [4.69, 9.17) is 5.73 Å². The minimum atomic E-state index is -0.538. The molecular weight excluding hydrogens is 202 g/mol. The smallest absolute Gasteiger partial charge is 0.316 e. The van der Waals surface area contributed by atoms with Gasteiger partial charge >= 0.3 is 6.03 Å². The van der Waals surface area contributed by atoms with Crippen LogP contribution in [0.25, 0.3) is 0 Å². The molecule has 2 amide bonds. The van der Waals surface area contributed by atoms with Crippen LogP contribution >= 0.6 is 0 Å². The lowest BCUT2D eigenvalue weighted by atomic mass is 10.2. The normalized spacial score (nSPS) is 9.81. The molecule has 0 heterocycles. The first-order chi connectivity index (χ1) is 7.72. The lowest BCUT2D eigenvalue weighted by molar-refractivity contribution is 0.259. The Hall–Kier alpha value is -1.71. The maximum atomic E-state index is 10.6. The molecule has 0 saturated heterocycles. The minimum Gasteiger partial charge on any atom is -0.385 e. The number of nitrogens with two attached hydrogens (primary N) is 1. The van der Waals surface area contributed by atoms with Crippen LogP contribution in [0, 0.1) is 0 Å². The number of amides is 2. The Bertz CT molecular complexity index is 322. The van der Waals surface area contributed by atoms with Crippen LogP contribution in [0.1, 0.15) is 26.2 Å². The highest BCUT2D eigenvalue weighted by molar-refractivity contribution is 5.87. The van der Waals surface area contributed by atoms with E-state index in [1.807, 2.05) is 24.3 Å². The number of unbranched alkanes of at least 4 members (excludes halogenated alkanes) is 2. The van der Waals surface area contributed by atoms with Crippen molar-refractivity contribution in [2.24, 2.45) is 5.73 Å². The van der Waals surface area contributed by atoms with Gasteiger partial charge in [-0.3, -0.25) is 0 Å². The van der Waals surface area contributed by atoms with Crippen molar-refractivity contribution >= 4 is 17.4 Å². The van der Waals surface area contributed by atoms with E-state index >= 15 is 0 Å². The van der Waals surface area contributed by atoms with Gasteiger partial charge in [0.1, 0.15) is 0 Å². The van der Waals surface area contributed by atoms with E-state index in [9.17, 15) is 4.79 Å². The predicted molar refractivity (Wildman–Crippen MR) is 67.7 cm³/mol. The quantitative estimate of drug-likeness (QED) is 0.646. The van der Waals surface area contributed by atoms with Crippen LogP contribution in [0.2, 0.25) is 0 Å². The molecule has 1 aromatic rings. The zero-order valence-electron chi connectivity index (χ0n) is 9.62. The van der Waals surface area contributed by atoms with E-state index in [1.54, 1.807) is 0 Å². The van der Waals surface area contributed by atoms with Gasteiger partial charge in [0.05, 0.1) is 0 Å². The van der Waals surface area contributed by atoms with Gasteiger partial charge in [-0.1, -0.05) is 19.8 Å². The fraction of sp³-hybridized carbons (Fsp3) is 0.417. The molecule has 88 valence electrons. The molecule has 1 aromatic carbocycles. The first-order valence-corrected chi connectivity index (χ1v) is 5.62. The van der Waals surface area contributed by atoms with Crippen LogP contribution in [0.15, 0.2) is 24.3 Å². The third kappa shape index (κ3) is 4.68. The average Bonchev–Trinajstić information content (AvgIpc) is 2.26. The summed E-state index contributed by atoms with van der Waals surface area (Å²) in [6, 6.07) is 6.97. The maximum Gasteiger partial charge on any atom is 0.316 e. The van der Waals surface area contributed by atoms with Crippen molar-refractivity contribution in [1.29, 1.82) is 0 Å². The molecule has 16 heavy (non-hydrogen) atoms. The Morgan fingerprint density at radius 2 is 1.81 bits per heavy atom. The van der Waals surface area contributed by atoms with E-state index in [0.717, 1.165) is 12.2 Å². The highest BCUT2D eigenvalue weighted by Crippen LogP contribution is 2.13. The summed E-state index contributed by atoms with van der Waals surface area (Å²) in [7, 11) is 0. The predicted octanol–water partition coefficient (Wildman–Crippen LogP) is 2.78. The van der Waals surface area contributed by atoms with Crippen LogP contribution < -0.4 is 16.4 Å². The van der Waals surface area contributed by atoms with Crippen molar-refractivity contribution in [2.75, 3.05) is 17.2 Å². The van der Waals surface area contributed by atoms with Gasteiger partial charge in [-0.25, -0.2) is 4.79 Å². The van der Waals surface area contributed by atoms with Gasteiger partial charge < -0.3 is 16.4 Å². The summed E-state index contributed by atoms with van der Waals surface area (Å²) in [5, 5.41) is 5.84. The van der Waals surface area contributed by atoms with Gasteiger partial charge in [0.2, 0.25) is 0 Å². The largest absolute Gasteiger partial charge is 0.385 e. The second kappa shape index (κ2) is 6.71. The van der Waals surface area contributed by atoms with Crippen LogP contribution in [-0.2, 0) is 0 Å². The summed E-state index contributed by atoms with van der Waals surface area (Å²) < 4.78 is 0. The Labute approximate surface area is 96.2 Å². The molecule has 0 bridgehead atoms. The average molecular weight is 221 g/mol. The Balaban J connectivity index is 2.36. The number of primary amides is 1. The standard InChI is InChI=1S/C12H19N3O/c1-2-3-4-9-14-10-5-7-11(8-6-10)15-12(13)16/h5-8,14H,2-4,9H2,1H3,(H3,13,15,16). The van der Waals surface area contributed by atoms with Crippen LogP contribution in [-0.4, -0.2) is 12.6 Å². The number of benzene rings is 1. The number of hydrogen-bond acceptors (Lipinski definition) is 2. The van der Waals surface area contributed by atoms with Gasteiger partial charge in [0, 0.05) is 17.9 Å². The number of urea groups is 1. The van der Waals surface area contributed by atoms with Gasteiger partial charge in [-0.15, -0.1) is 0 Å². The third-order valence-electron chi connectivity index (χ3n) is 2.26. The van der Waals surface area contributed by atoms with Gasteiger partial charge in [0.25, 0.3) is 0 Å². The molecule has 1 rings (SSSR count). The van der Waals surface area contributed by atoms with E-state index in [2.05, 4.69) is 17.6 Å². The van der Waals surface area contributed by atoms with Crippen molar-refractivity contribution < 1.29 is 4.79 Å². The summed E-state index contributed by atoms with van der Waals surface area (Å²) >= 11 is 0. The molecule has 4 nitrogen and oxygen atoms in total. The fourth-order valence-corrected chi connectivity index (χ4v) is 1.42. The van der Waals surface area contributed by atoms with Crippen molar-refractivity contribution in [2.45, 2.75) is 26.2 Å². The van der Waals surface area contributed by atoms with Gasteiger partial charge in [-0.05, 0) is 30.7 Å². The summed E-state index contributed by atoms with van der Waals surface area (Å²) in [6.07, 6.45) is 3.65. The SMILES string of the molecule is CCCCCNc1ccc(NC(N)=O)cc1. The van der Waals surface area contributed by atoms with Crippen LogP contribution in [0.5, 0.6) is 0 Å². The van der Waals surface area contributed by atoms with Crippen molar-refractivity contribution in [1.82, 2.24) is 0 Å². The number of anilines is 2. The molecule has 0 unspecified atom stereocenters. The molecular formula is C12H19N3O. The second-order valence-corrected chi connectivity index (χ2v) is 3.70. The molecule has 0 aromatic heterocycles. The highest BCUT2D eigenvalue weighted by Gasteiger charge is 1.96. The lowest BCUT2D eigenvalue weighted by Crippen LogP contribution is -2.19. The van der Waals surface area contributed by atoms with E-state index in [1.165, 1.54) is 19.3 Å². The molecule has 0 saturated carbocycles. The first-order valence-electron chi connectivity index (χ1n) is 5.62. The molecule has 4 N–H and O–H groups in total. The summed E-state index contributed by atoms with van der Waals surface area (Å²) in [6.45, 7) is 3.17. The molecule has 0 aliphatic heterocycles. The molecule has 0 aliphatic carbocycles. The number of nitrogens with one attached hydrogen (secondary N) is 2. The minimum absolute atomic E-state index is 0.538. The molecule has 4 heteroatoms. The summed E-state index contributed by atoms with van der Waals surface area (Å²) in [5.41, 5.74) is 6.79. The Morgan fingerprint density at radius 3 is 2.38 bits per heavy atom. The third-order valence-corrected chi connectivity index (χ3v) is 2.26. The number of rotatable bonds is 6. The zero-order valence-corrected chi connectivity index (χ0v) is 9.62. The van der Waals surface area contributed by atoms with E-state index in [-0.39, 0.29) is 0 Å². The first kappa shape index (κ1) is 12.4. The zero-order chi connectivity index (χ0) is 11.8. The van der Waals surface area contributed by atoms with Crippen LogP contribution in [0.4, 0.5) is 16.2 Å².